The quantitative estimate of drug-likeness (QED) is 0.114. The summed E-state index contributed by atoms with van der Waals surface area (Å²) in [5, 5.41) is 15.7. The summed E-state index contributed by atoms with van der Waals surface area (Å²) in [6, 6.07) is 6.61. The number of rotatable bonds is 12. The summed E-state index contributed by atoms with van der Waals surface area (Å²) in [6.45, 7) is 2.91. The van der Waals surface area contributed by atoms with Gasteiger partial charge in [0, 0.05) is 38.9 Å². The molecule has 0 aliphatic carbocycles. The smallest absolute Gasteiger partial charge is 0.388 e. The number of amides is 1. The number of carbonyl (C=O) groups excluding carboxylic acids is 1. The van der Waals surface area contributed by atoms with Crippen LogP contribution in [0.15, 0.2) is 41.4 Å². The zero-order valence-corrected chi connectivity index (χ0v) is 26.6. The van der Waals surface area contributed by atoms with Crippen LogP contribution in [-0.4, -0.2) is 57.4 Å². The Morgan fingerprint density at radius 1 is 1.13 bits per heavy atom. The molecule has 18 heteroatoms. The van der Waals surface area contributed by atoms with E-state index in [4.69, 9.17) is 10.00 Å². The molecule has 4 rings (SSSR count). The lowest BCUT2D eigenvalue weighted by Gasteiger charge is -2.16. The number of benzene rings is 2. The number of pyridine rings is 1. The van der Waals surface area contributed by atoms with Crippen molar-refractivity contribution in [2.75, 3.05) is 18.4 Å². The third-order valence-electron chi connectivity index (χ3n) is 6.54. The summed E-state index contributed by atoms with van der Waals surface area (Å²) < 4.78 is 112. The predicted molar refractivity (Wildman–Crippen MR) is 159 cm³/mol. The first-order valence-corrected chi connectivity index (χ1v) is 18.6. The number of carbonyl (C=O) groups is 1. The van der Waals surface area contributed by atoms with Gasteiger partial charge in [0.05, 0.1) is 16.8 Å². The molecule has 0 bridgehead atoms. The molecule has 11 nitrogen and oxygen atoms in total. The van der Waals surface area contributed by atoms with Gasteiger partial charge in [-0.3, -0.25) is 9.52 Å². The van der Waals surface area contributed by atoms with Gasteiger partial charge in [-0.15, -0.1) is 0 Å². The Kier molecular flexibility index (Phi) is 9.99. The van der Waals surface area contributed by atoms with Crippen LogP contribution in [0.4, 0.5) is 27.6 Å². The molecule has 0 radical (unpaired) electrons. The molecule has 2 aromatic carbocycles. The average molecular weight is 683 g/mol. The van der Waals surface area contributed by atoms with Crippen molar-refractivity contribution < 1.29 is 44.6 Å². The summed E-state index contributed by atoms with van der Waals surface area (Å²) in [7, 11) is -5.14. The van der Waals surface area contributed by atoms with Crippen molar-refractivity contribution in [1.29, 1.82) is 5.26 Å². The highest BCUT2D eigenvalue weighted by Crippen LogP contribution is 2.37. The van der Waals surface area contributed by atoms with Gasteiger partial charge in [-0.1, -0.05) is 25.7 Å². The van der Waals surface area contributed by atoms with Gasteiger partial charge < -0.3 is 14.8 Å². The van der Waals surface area contributed by atoms with E-state index >= 15 is 13.2 Å². The zero-order chi connectivity index (χ0) is 34.0. The molecule has 46 heavy (non-hydrogen) atoms. The molecule has 0 atom stereocenters. The number of alkyl halides is 2. The van der Waals surface area contributed by atoms with Crippen molar-refractivity contribution in [2.24, 2.45) is 0 Å². The van der Waals surface area contributed by atoms with E-state index in [1.807, 2.05) is 0 Å². The average Bonchev–Trinajstić information content (AvgIpc) is 3.36. The fourth-order valence-electron chi connectivity index (χ4n) is 4.27. The molecular formula is C28H27F5N6O5SSi. The molecule has 2 aromatic heterocycles. The second-order valence-electron chi connectivity index (χ2n) is 11.0. The van der Waals surface area contributed by atoms with Crippen molar-refractivity contribution >= 4 is 40.6 Å². The third-order valence-corrected chi connectivity index (χ3v) is 9.61. The number of anilines is 1. The normalized spacial score (nSPS) is 11.9. The largest absolute Gasteiger partial charge is 0.415 e. The Morgan fingerprint density at radius 2 is 1.85 bits per heavy atom. The highest BCUT2D eigenvalue weighted by molar-refractivity contribution is 7.92. The second kappa shape index (κ2) is 13.4. The van der Waals surface area contributed by atoms with E-state index in [-0.39, 0.29) is 28.9 Å². The maximum Gasteiger partial charge on any atom is 0.388 e. The van der Waals surface area contributed by atoms with Crippen LogP contribution in [0.3, 0.4) is 0 Å². The first kappa shape index (κ1) is 34.3. The molecule has 244 valence electrons. The Hall–Kier alpha value is -4.60. The minimum absolute atomic E-state index is 0.0171. The number of fused-ring (bicyclic) bond motifs is 1. The predicted octanol–water partition coefficient (Wildman–Crippen LogP) is 5.46. The highest BCUT2D eigenvalue weighted by atomic mass is 32.2. The summed E-state index contributed by atoms with van der Waals surface area (Å²) >= 11 is 0. The van der Waals surface area contributed by atoms with E-state index in [0.29, 0.717) is 24.8 Å². The summed E-state index contributed by atoms with van der Waals surface area (Å²) in [4.78, 5) is 14.9. The molecule has 0 spiro atoms. The fraction of sp³-hybridized carbons (Fsp3) is 0.286. The number of sulfonamides is 1. The lowest BCUT2D eigenvalue weighted by atomic mass is 10.0. The maximum atomic E-state index is 16.2. The number of hydrogen-bond donors (Lipinski definition) is 2. The number of hydrogen-bond acceptors (Lipinski definition) is 8. The minimum atomic E-state index is -4.99. The van der Waals surface area contributed by atoms with Gasteiger partial charge in [0.2, 0.25) is 5.88 Å². The molecule has 1 amide bonds. The van der Waals surface area contributed by atoms with Gasteiger partial charge in [0.25, 0.3) is 15.9 Å². The summed E-state index contributed by atoms with van der Waals surface area (Å²) in [6.07, 6.45) is 0.782. The molecule has 2 N–H and O–H groups in total. The van der Waals surface area contributed by atoms with Crippen LogP contribution in [0, 0.1) is 28.8 Å². The Morgan fingerprint density at radius 3 is 2.48 bits per heavy atom. The van der Waals surface area contributed by atoms with Gasteiger partial charge >= 0.3 is 6.61 Å². The van der Waals surface area contributed by atoms with Crippen molar-refractivity contribution in [3.8, 4) is 23.1 Å². The molecule has 2 heterocycles. The lowest BCUT2D eigenvalue weighted by Crippen LogP contribution is -2.22. The van der Waals surface area contributed by atoms with Crippen molar-refractivity contribution in [1.82, 2.24) is 20.1 Å². The van der Waals surface area contributed by atoms with E-state index in [1.165, 1.54) is 13.1 Å². The molecule has 0 fully saturated rings. The fourth-order valence-corrected chi connectivity index (χ4v) is 6.20. The van der Waals surface area contributed by atoms with Gasteiger partial charge in [-0.05, 0) is 30.3 Å². The van der Waals surface area contributed by atoms with Crippen molar-refractivity contribution in [3.63, 3.8) is 0 Å². The summed E-state index contributed by atoms with van der Waals surface area (Å²) in [5.74, 6) is -5.78. The number of nitrogens with one attached hydrogen (secondary N) is 2. The lowest BCUT2D eigenvalue weighted by molar-refractivity contribution is -0.0549. The van der Waals surface area contributed by atoms with Gasteiger partial charge in [-0.25, -0.2) is 31.3 Å². The van der Waals surface area contributed by atoms with Gasteiger partial charge in [0.1, 0.15) is 24.1 Å². The number of nitrogens with zero attached hydrogens (tertiary/aromatic N) is 4. The maximum absolute atomic E-state index is 16.2. The molecule has 0 saturated carbocycles. The minimum Gasteiger partial charge on any atom is -0.415 e. The zero-order valence-electron chi connectivity index (χ0n) is 24.8. The van der Waals surface area contributed by atoms with Crippen LogP contribution < -0.4 is 14.8 Å². The highest BCUT2D eigenvalue weighted by Gasteiger charge is 2.29. The number of halogens is 5. The van der Waals surface area contributed by atoms with E-state index < -0.39 is 75.7 Å². The van der Waals surface area contributed by atoms with E-state index in [0.717, 1.165) is 23.0 Å². The Labute approximate surface area is 261 Å². The second-order valence-corrected chi connectivity index (χ2v) is 18.3. The van der Waals surface area contributed by atoms with Crippen LogP contribution in [0.2, 0.25) is 25.7 Å². The number of ether oxygens (including phenoxy) is 2. The molecule has 0 aliphatic rings. The Bertz CT molecular complexity index is 1960. The molecular weight excluding hydrogens is 655 g/mol. The molecule has 4 aromatic rings. The monoisotopic (exact) mass is 682 g/mol. The van der Waals surface area contributed by atoms with E-state index in [9.17, 15) is 22.0 Å². The number of nitriles is 1. The van der Waals surface area contributed by atoms with Gasteiger partial charge in [0.15, 0.2) is 22.2 Å². The van der Waals surface area contributed by atoms with Crippen LogP contribution in [-0.2, 0) is 21.5 Å². The van der Waals surface area contributed by atoms with Crippen molar-refractivity contribution in [2.45, 2.75) is 43.9 Å². The van der Waals surface area contributed by atoms with Crippen molar-refractivity contribution in [3.05, 3.63) is 65.2 Å². The standard InChI is InChI=1S/C28H27F5N6O5SSi/c1-35-26(40)24-17-6-5-16(22(30)25(17)39(37-24)14-43-9-10-46(2,3)4)21-18(29)7-8-19(23(21)31)38-45(41,42)20-11-15(12-34)13-36-27(20)44-28(32)33/h5-8,11,13,28,38H,9-10,14H2,1-4H3,(H,35,40). The SMILES string of the molecule is CNC(=O)c1nn(COCC[Si](C)(C)C)c2c(F)c(-c3c(F)ccc(NS(=O)(=O)c4cc(C#N)cnc4OC(F)F)c3F)ccc12. The topological polar surface area (TPSA) is 148 Å². The van der Waals surface area contributed by atoms with Crippen LogP contribution in [0.1, 0.15) is 16.1 Å². The van der Waals surface area contributed by atoms with E-state index in [2.05, 4.69) is 39.8 Å². The first-order chi connectivity index (χ1) is 21.6. The molecule has 0 aliphatic heterocycles. The molecule has 0 saturated heterocycles. The third kappa shape index (κ3) is 7.27. The van der Waals surface area contributed by atoms with E-state index in [1.54, 1.807) is 10.8 Å². The van der Waals surface area contributed by atoms with Gasteiger partial charge in [-0.2, -0.15) is 19.1 Å². The number of aromatic nitrogens is 3. The molecule has 0 unspecified atom stereocenters. The van der Waals surface area contributed by atoms with Crippen LogP contribution >= 0.6 is 0 Å². The Balaban J connectivity index is 1.81. The van der Waals surface area contributed by atoms with Crippen LogP contribution in [0.5, 0.6) is 5.88 Å². The summed E-state index contributed by atoms with van der Waals surface area (Å²) in [5.41, 5.74) is -3.35. The van der Waals surface area contributed by atoms with Crippen LogP contribution in [0.25, 0.3) is 22.0 Å². The first-order valence-electron chi connectivity index (χ1n) is 13.4.